The summed E-state index contributed by atoms with van der Waals surface area (Å²) in [6.45, 7) is 3.10. The summed E-state index contributed by atoms with van der Waals surface area (Å²) in [6, 6.07) is 6.50. The third-order valence-corrected chi connectivity index (χ3v) is 4.90. The monoisotopic (exact) mass is 323 g/mol. The van der Waals surface area contributed by atoms with Crippen LogP contribution in [0.1, 0.15) is 43.6 Å². The first-order valence-corrected chi connectivity index (χ1v) is 8.25. The molecule has 0 spiro atoms. The van der Waals surface area contributed by atoms with E-state index in [-0.39, 0.29) is 0 Å². The minimum Gasteiger partial charge on any atom is -0.493 e. The minimum absolute atomic E-state index is 0.681. The maximum absolute atomic E-state index is 6.13. The van der Waals surface area contributed by atoms with Crippen LogP contribution in [-0.2, 0) is 0 Å². The summed E-state index contributed by atoms with van der Waals surface area (Å²) in [5, 5.41) is 3.40. The van der Waals surface area contributed by atoms with Crippen molar-refractivity contribution in [3.63, 3.8) is 0 Å². The molecule has 3 rings (SSSR count). The van der Waals surface area contributed by atoms with E-state index in [1.54, 1.807) is 0 Å². The van der Waals surface area contributed by atoms with Gasteiger partial charge in [0.1, 0.15) is 5.75 Å². The number of nitrogens with one attached hydrogen (secondary N) is 1. The maximum Gasteiger partial charge on any atom is 0.122 e. The van der Waals surface area contributed by atoms with Gasteiger partial charge in [-0.05, 0) is 55.5 Å². The minimum atomic E-state index is 0.681. The molecule has 1 atom stereocenters. The van der Waals surface area contributed by atoms with Crippen LogP contribution in [0.3, 0.4) is 0 Å². The van der Waals surface area contributed by atoms with Crippen molar-refractivity contribution in [2.45, 2.75) is 38.0 Å². The van der Waals surface area contributed by atoms with E-state index in [4.69, 9.17) is 4.74 Å². The van der Waals surface area contributed by atoms with Crippen molar-refractivity contribution in [3.8, 4) is 5.75 Å². The lowest BCUT2D eigenvalue weighted by molar-refractivity contribution is 0.256. The number of hydrogen-bond donors (Lipinski definition) is 1. The van der Waals surface area contributed by atoms with Gasteiger partial charge >= 0.3 is 0 Å². The SMILES string of the molecule is Brc1ccc(OCC2CCNC2)c(C2CCCC2)c1. The Bertz CT molecular complexity index is 423. The first-order chi connectivity index (χ1) is 9.33. The number of rotatable bonds is 4. The van der Waals surface area contributed by atoms with Gasteiger partial charge in [0.25, 0.3) is 0 Å². The van der Waals surface area contributed by atoms with E-state index in [2.05, 4.69) is 39.4 Å². The Labute approximate surface area is 124 Å². The van der Waals surface area contributed by atoms with Crippen LogP contribution in [-0.4, -0.2) is 19.7 Å². The van der Waals surface area contributed by atoms with Crippen molar-refractivity contribution >= 4 is 15.9 Å². The van der Waals surface area contributed by atoms with Crippen molar-refractivity contribution < 1.29 is 4.74 Å². The fourth-order valence-corrected chi connectivity index (χ4v) is 3.65. The average Bonchev–Trinajstić information content (AvgIpc) is 3.10. The van der Waals surface area contributed by atoms with Crippen LogP contribution in [0.25, 0.3) is 0 Å². The molecule has 1 heterocycles. The van der Waals surface area contributed by atoms with Gasteiger partial charge in [-0.2, -0.15) is 0 Å². The van der Waals surface area contributed by atoms with Gasteiger partial charge in [-0.3, -0.25) is 0 Å². The summed E-state index contributed by atoms with van der Waals surface area (Å²) >= 11 is 3.60. The summed E-state index contributed by atoms with van der Waals surface area (Å²) in [6.07, 6.45) is 6.61. The molecule has 104 valence electrons. The fraction of sp³-hybridized carbons (Fsp3) is 0.625. The molecule has 1 saturated carbocycles. The molecule has 19 heavy (non-hydrogen) atoms. The standard InChI is InChI=1S/C16H22BrNO/c17-14-5-6-16(19-11-12-7-8-18-10-12)15(9-14)13-3-1-2-4-13/h5-6,9,12-13,18H,1-4,7-8,10-11H2. The Morgan fingerprint density at radius 3 is 2.79 bits per heavy atom. The van der Waals surface area contributed by atoms with Crippen LogP contribution in [0, 0.1) is 5.92 Å². The Balaban J connectivity index is 1.71. The zero-order chi connectivity index (χ0) is 13.1. The summed E-state index contributed by atoms with van der Waals surface area (Å²) in [5.74, 6) is 2.50. The van der Waals surface area contributed by atoms with Crippen molar-refractivity contribution in [1.29, 1.82) is 0 Å². The molecule has 0 radical (unpaired) electrons. The van der Waals surface area contributed by atoms with Crippen molar-refractivity contribution in [2.24, 2.45) is 5.92 Å². The Morgan fingerprint density at radius 1 is 1.21 bits per heavy atom. The number of halogens is 1. The lowest BCUT2D eigenvalue weighted by atomic mass is 9.97. The molecule has 3 heteroatoms. The second-order valence-corrected chi connectivity index (χ2v) is 6.75. The van der Waals surface area contributed by atoms with Crippen LogP contribution in [0.15, 0.2) is 22.7 Å². The van der Waals surface area contributed by atoms with Crippen molar-refractivity contribution in [1.82, 2.24) is 5.32 Å². The van der Waals surface area contributed by atoms with Crippen molar-refractivity contribution in [3.05, 3.63) is 28.2 Å². The molecule has 2 aliphatic rings. The first kappa shape index (κ1) is 13.4. The van der Waals surface area contributed by atoms with Gasteiger partial charge in [0.2, 0.25) is 0 Å². The lowest BCUT2D eigenvalue weighted by Gasteiger charge is -2.18. The van der Waals surface area contributed by atoms with E-state index in [1.807, 2.05) is 0 Å². The molecule has 1 aliphatic heterocycles. The Kier molecular flexibility index (Phi) is 4.44. The van der Waals surface area contributed by atoms with Gasteiger partial charge < -0.3 is 10.1 Å². The van der Waals surface area contributed by atoms with Crippen LogP contribution in [0.5, 0.6) is 5.75 Å². The van der Waals surface area contributed by atoms with Gasteiger partial charge in [0.05, 0.1) is 6.61 Å². The van der Waals surface area contributed by atoms with E-state index in [0.717, 1.165) is 25.4 Å². The number of ether oxygens (including phenoxy) is 1. The normalized spacial score (nSPS) is 23.9. The molecule has 1 saturated heterocycles. The highest BCUT2D eigenvalue weighted by molar-refractivity contribution is 9.10. The predicted octanol–water partition coefficient (Wildman–Crippen LogP) is 4.10. The van der Waals surface area contributed by atoms with Gasteiger partial charge in [-0.1, -0.05) is 28.8 Å². The second-order valence-electron chi connectivity index (χ2n) is 5.83. The quantitative estimate of drug-likeness (QED) is 0.900. The molecule has 1 unspecified atom stereocenters. The fourth-order valence-electron chi connectivity index (χ4n) is 3.27. The highest BCUT2D eigenvalue weighted by Crippen LogP contribution is 2.40. The molecule has 2 fully saturated rings. The summed E-state index contributed by atoms with van der Waals surface area (Å²) in [5.41, 5.74) is 1.41. The molecule has 2 nitrogen and oxygen atoms in total. The largest absolute Gasteiger partial charge is 0.493 e. The predicted molar refractivity (Wildman–Crippen MR) is 81.8 cm³/mol. The molecule has 1 aromatic carbocycles. The zero-order valence-corrected chi connectivity index (χ0v) is 12.9. The van der Waals surface area contributed by atoms with Crippen LogP contribution >= 0.6 is 15.9 Å². The number of hydrogen-bond acceptors (Lipinski definition) is 2. The van der Waals surface area contributed by atoms with Crippen molar-refractivity contribution in [2.75, 3.05) is 19.7 Å². The molecule has 0 aromatic heterocycles. The Hall–Kier alpha value is -0.540. The second kappa shape index (κ2) is 6.27. The van der Waals surface area contributed by atoms with Crippen LogP contribution in [0.2, 0.25) is 0 Å². The first-order valence-electron chi connectivity index (χ1n) is 7.46. The van der Waals surface area contributed by atoms with Crippen LogP contribution < -0.4 is 10.1 Å². The third-order valence-electron chi connectivity index (χ3n) is 4.40. The molecule has 1 N–H and O–H groups in total. The smallest absolute Gasteiger partial charge is 0.122 e. The summed E-state index contributed by atoms with van der Waals surface area (Å²) in [7, 11) is 0. The topological polar surface area (TPSA) is 21.3 Å². The lowest BCUT2D eigenvalue weighted by Crippen LogP contribution is -2.16. The molecule has 0 bridgehead atoms. The summed E-state index contributed by atoms with van der Waals surface area (Å²) < 4.78 is 7.30. The molecular weight excluding hydrogens is 302 g/mol. The average molecular weight is 324 g/mol. The highest BCUT2D eigenvalue weighted by Gasteiger charge is 2.22. The summed E-state index contributed by atoms with van der Waals surface area (Å²) in [4.78, 5) is 0. The van der Waals surface area contributed by atoms with E-state index in [0.29, 0.717) is 11.8 Å². The molecular formula is C16H22BrNO. The third kappa shape index (κ3) is 3.32. The molecule has 1 aliphatic carbocycles. The van der Waals surface area contributed by atoms with E-state index < -0.39 is 0 Å². The Morgan fingerprint density at radius 2 is 2.05 bits per heavy atom. The molecule has 1 aromatic rings. The van der Waals surface area contributed by atoms with Gasteiger partial charge in [0, 0.05) is 16.9 Å². The van der Waals surface area contributed by atoms with E-state index in [9.17, 15) is 0 Å². The van der Waals surface area contributed by atoms with Gasteiger partial charge in [-0.25, -0.2) is 0 Å². The van der Waals surface area contributed by atoms with E-state index >= 15 is 0 Å². The number of benzene rings is 1. The highest BCUT2D eigenvalue weighted by atomic mass is 79.9. The van der Waals surface area contributed by atoms with E-state index in [1.165, 1.54) is 42.1 Å². The molecule has 0 amide bonds. The maximum atomic E-state index is 6.13. The zero-order valence-electron chi connectivity index (χ0n) is 11.3. The van der Waals surface area contributed by atoms with Gasteiger partial charge in [-0.15, -0.1) is 0 Å². The van der Waals surface area contributed by atoms with Gasteiger partial charge in [0.15, 0.2) is 0 Å². The van der Waals surface area contributed by atoms with Crippen LogP contribution in [0.4, 0.5) is 0 Å².